The van der Waals surface area contributed by atoms with Gasteiger partial charge >= 0.3 is 0 Å². The molecule has 24 heavy (non-hydrogen) atoms. The van der Waals surface area contributed by atoms with Crippen LogP contribution in [0.5, 0.6) is 11.5 Å². The Labute approximate surface area is 156 Å². The number of ether oxygens (including phenoxy) is 2. The highest BCUT2D eigenvalue weighted by Gasteiger charge is 2.16. The van der Waals surface area contributed by atoms with Crippen LogP contribution in [0, 0.1) is 0 Å². The van der Waals surface area contributed by atoms with Gasteiger partial charge in [0, 0.05) is 21.2 Å². The van der Waals surface area contributed by atoms with Gasteiger partial charge in [0.2, 0.25) is 5.82 Å². The van der Waals surface area contributed by atoms with E-state index < -0.39 is 0 Å². The van der Waals surface area contributed by atoms with E-state index in [0.29, 0.717) is 37.4 Å². The molecule has 0 aliphatic carbocycles. The number of rotatable bonds is 5. The van der Waals surface area contributed by atoms with E-state index in [0.717, 1.165) is 5.56 Å². The number of hydrogen-bond acceptors (Lipinski definition) is 5. The lowest BCUT2D eigenvalue weighted by molar-refractivity contribution is 0.283. The van der Waals surface area contributed by atoms with Gasteiger partial charge in [-0.25, -0.2) is 0 Å². The number of nitrogens with one attached hydrogen (secondary N) is 1. The zero-order valence-electron chi connectivity index (χ0n) is 12.4. The molecule has 0 radical (unpaired) electrons. The molecule has 0 aliphatic rings. The number of hydrogen-bond donors (Lipinski definition) is 1. The van der Waals surface area contributed by atoms with Gasteiger partial charge < -0.3 is 9.47 Å². The molecule has 3 rings (SSSR count). The topological polar surface area (TPSA) is 72.9 Å². The second-order valence-corrected chi connectivity index (χ2v) is 6.38. The number of halogens is 3. The minimum atomic E-state index is 0.203. The molecule has 0 amide bonds. The summed E-state index contributed by atoms with van der Waals surface area (Å²) in [5.41, 5.74) is 1.44. The average molecular weight is 430 g/mol. The fourth-order valence-corrected chi connectivity index (χ4v) is 3.15. The highest BCUT2D eigenvalue weighted by molar-refractivity contribution is 9.10. The van der Waals surface area contributed by atoms with E-state index in [2.05, 4.69) is 36.6 Å². The summed E-state index contributed by atoms with van der Waals surface area (Å²) < 4.78 is 12.0. The molecule has 0 spiro atoms. The number of aromatic amines is 1. The molecule has 0 aliphatic heterocycles. The van der Waals surface area contributed by atoms with E-state index >= 15 is 0 Å². The Morgan fingerprint density at radius 3 is 2.58 bits per heavy atom. The van der Waals surface area contributed by atoms with Gasteiger partial charge in [0.15, 0.2) is 11.5 Å². The number of nitrogens with zero attached hydrogens (tertiary/aromatic N) is 3. The maximum atomic E-state index is 6.17. The second-order valence-electron chi connectivity index (χ2n) is 4.71. The van der Waals surface area contributed by atoms with Crippen LogP contribution >= 0.6 is 39.1 Å². The van der Waals surface area contributed by atoms with Crippen LogP contribution in [0.1, 0.15) is 5.56 Å². The summed E-state index contributed by atoms with van der Waals surface area (Å²) in [5.74, 6) is 1.50. The molecule has 0 saturated heterocycles. The summed E-state index contributed by atoms with van der Waals surface area (Å²) in [7, 11) is 1.55. The predicted octanol–water partition coefficient (Wildman–Crippen LogP) is 4.52. The van der Waals surface area contributed by atoms with Crippen molar-refractivity contribution in [2.24, 2.45) is 0 Å². The van der Waals surface area contributed by atoms with Crippen LogP contribution in [0.25, 0.3) is 11.4 Å². The maximum Gasteiger partial charge on any atom is 0.204 e. The summed E-state index contributed by atoms with van der Waals surface area (Å²) in [4.78, 5) is 0. The summed E-state index contributed by atoms with van der Waals surface area (Å²) in [5, 5.41) is 14.9. The molecule has 0 atom stereocenters. The quantitative estimate of drug-likeness (QED) is 0.645. The van der Waals surface area contributed by atoms with Gasteiger partial charge in [-0.1, -0.05) is 29.3 Å². The maximum absolute atomic E-state index is 6.17. The molecule has 1 aromatic heterocycles. The van der Waals surface area contributed by atoms with Crippen molar-refractivity contribution in [1.82, 2.24) is 20.6 Å². The van der Waals surface area contributed by atoms with Crippen molar-refractivity contribution in [3.63, 3.8) is 0 Å². The lowest BCUT2D eigenvalue weighted by atomic mass is 10.2. The summed E-state index contributed by atoms with van der Waals surface area (Å²) in [6.45, 7) is 0.203. The molecule has 1 heterocycles. The van der Waals surface area contributed by atoms with Crippen molar-refractivity contribution in [1.29, 1.82) is 0 Å². The molecule has 2 aromatic carbocycles. The first-order chi connectivity index (χ1) is 11.6. The molecular weight excluding hydrogens is 419 g/mol. The summed E-state index contributed by atoms with van der Waals surface area (Å²) >= 11 is 15.8. The van der Waals surface area contributed by atoms with Crippen LogP contribution in [-0.2, 0) is 6.61 Å². The molecule has 1 N–H and O–H groups in total. The van der Waals surface area contributed by atoms with Gasteiger partial charge in [-0.15, -0.1) is 10.2 Å². The number of aromatic nitrogens is 4. The third-order valence-corrected chi connectivity index (χ3v) is 4.55. The minimum absolute atomic E-state index is 0.203. The van der Waals surface area contributed by atoms with Crippen molar-refractivity contribution in [2.75, 3.05) is 7.11 Å². The Bertz CT molecular complexity index is 839. The molecule has 9 heteroatoms. The molecule has 0 saturated carbocycles. The predicted molar refractivity (Wildman–Crippen MR) is 94.7 cm³/mol. The smallest absolute Gasteiger partial charge is 0.204 e. The fourth-order valence-electron chi connectivity index (χ4n) is 2.09. The minimum Gasteiger partial charge on any atom is -0.493 e. The Morgan fingerprint density at radius 1 is 1.21 bits per heavy atom. The Kier molecular flexibility index (Phi) is 5.23. The first-order valence-electron chi connectivity index (χ1n) is 6.77. The van der Waals surface area contributed by atoms with Gasteiger partial charge in [-0.3, -0.25) is 0 Å². The normalized spacial score (nSPS) is 10.7. The number of H-pyrrole nitrogens is 1. The highest BCUT2D eigenvalue weighted by atomic mass is 79.9. The Hall–Kier alpha value is -1.83. The number of tetrazole rings is 1. The zero-order valence-corrected chi connectivity index (χ0v) is 15.5. The van der Waals surface area contributed by atoms with Crippen molar-refractivity contribution in [2.45, 2.75) is 6.61 Å². The van der Waals surface area contributed by atoms with Gasteiger partial charge in [0.1, 0.15) is 6.61 Å². The van der Waals surface area contributed by atoms with E-state index in [1.807, 2.05) is 6.07 Å². The van der Waals surface area contributed by atoms with Gasteiger partial charge in [-0.2, -0.15) is 5.21 Å². The monoisotopic (exact) mass is 428 g/mol. The van der Waals surface area contributed by atoms with E-state index in [-0.39, 0.29) is 6.61 Å². The number of methoxy groups -OCH3 is 1. The number of benzene rings is 2. The molecule has 0 unspecified atom stereocenters. The molecule has 0 bridgehead atoms. The summed E-state index contributed by atoms with van der Waals surface area (Å²) in [6.07, 6.45) is 0. The standard InChI is InChI=1S/C15H11BrCl2N4O2/c1-23-13-6-8(15-19-21-22-20-15)5-10(16)14(13)24-7-9-11(17)3-2-4-12(9)18/h2-6H,7H2,1H3,(H,19,20,21,22). The third kappa shape index (κ3) is 3.48. The third-order valence-electron chi connectivity index (χ3n) is 3.26. The lowest BCUT2D eigenvalue weighted by Crippen LogP contribution is -2.00. The fraction of sp³-hybridized carbons (Fsp3) is 0.133. The van der Waals surface area contributed by atoms with Crippen molar-refractivity contribution in [3.05, 3.63) is 50.4 Å². The largest absolute Gasteiger partial charge is 0.493 e. The first kappa shape index (κ1) is 17.0. The van der Waals surface area contributed by atoms with Crippen LogP contribution in [0.15, 0.2) is 34.8 Å². The van der Waals surface area contributed by atoms with Gasteiger partial charge in [-0.05, 0) is 45.4 Å². The molecule has 124 valence electrons. The van der Waals surface area contributed by atoms with Crippen LogP contribution < -0.4 is 9.47 Å². The van der Waals surface area contributed by atoms with Crippen molar-refractivity contribution in [3.8, 4) is 22.9 Å². The van der Waals surface area contributed by atoms with Crippen LogP contribution in [0.3, 0.4) is 0 Å². The lowest BCUT2D eigenvalue weighted by Gasteiger charge is -2.15. The molecule has 3 aromatic rings. The zero-order chi connectivity index (χ0) is 17.1. The second kappa shape index (κ2) is 7.38. The van der Waals surface area contributed by atoms with Crippen molar-refractivity contribution >= 4 is 39.1 Å². The Morgan fingerprint density at radius 2 is 1.96 bits per heavy atom. The highest BCUT2D eigenvalue weighted by Crippen LogP contribution is 2.40. The summed E-state index contributed by atoms with van der Waals surface area (Å²) in [6, 6.07) is 8.88. The van der Waals surface area contributed by atoms with Crippen LogP contribution in [0.2, 0.25) is 10.0 Å². The molecular formula is C15H11BrCl2N4O2. The van der Waals surface area contributed by atoms with E-state index in [1.165, 1.54) is 0 Å². The van der Waals surface area contributed by atoms with Gasteiger partial charge in [0.25, 0.3) is 0 Å². The van der Waals surface area contributed by atoms with E-state index in [4.69, 9.17) is 32.7 Å². The van der Waals surface area contributed by atoms with Crippen LogP contribution in [0.4, 0.5) is 0 Å². The van der Waals surface area contributed by atoms with Crippen molar-refractivity contribution < 1.29 is 9.47 Å². The Balaban J connectivity index is 1.91. The van der Waals surface area contributed by atoms with Crippen LogP contribution in [-0.4, -0.2) is 27.7 Å². The molecule has 6 nitrogen and oxygen atoms in total. The average Bonchev–Trinajstić information content (AvgIpc) is 3.09. The van der Waals surface area contributed by atoms with E-state index in [1.54, 1.807) is 31.4 Å². The van der Waals surface area contributed by atoms with E-state index in [9.17, 15) is 0 Å². The SMILES string of the molecule is COc1cc(-c2nn[nH]n2)cc(Br)c1OCc1c(Cl)cccc1Cl. The molecule has 0 fully saturated rings. The van der Waals surface area contributed by atoms with Gasteiger partial charge in [0.05, 0.1) is 11.6 Å². The first-order valence-corrected chi connectivity index (χ1v) is 8.32.